The van der Waals surface area contributed by atoms with E-state index in [2.05, 4.69) is 19.2 Å². The molecule has 3 heteroatoms. The molecule has 0 bridgehead atoms. The van der Waals surface area contributed by atoms with E-state index < -0.39 is 0 Å². The van der Waals surface area contributed by atoms with Gasteiger partial charge in [0.2, 0.25) is 0 Å². The average molecular weight is 224 g/mol. The molecule has 1 aromatic rings. The van der Waals surface area contributed by atoms with Gasteiger partial charge in [0.05, 0.1) is 0 Å². The molecule has 0 spiro atoms. The highest BCUT2D eigenvalue weighted by Crippen LogP contribution is 2.18. The van der Waals surface area contributed by atoms with E-state index in [0.717, 1.165) is 17.5 Å². The molecule has 2 unspecified atom stereocenters. The molecule has 0 saturated carbocycles. The van der Waals surface area contributed by atoms with Gasteiger partial charge in [-0.15, -0.1) is 0 Å². The summed E-state index contributed by atoms with van der Waals surface area (Å²) in [7, 11) is 0. The van der Waals surface area contributed by atoms with E-state index in [1.807, 2.05) is 13.0 Å². The van der Waals surface area contributed by atoms with E-state index in [1.165, 1.54) is 6.07 Å². The van der Waals surface area contributed by atoms with Gasteiger partial charge in [0, 0.05) is 18.6 Å². The molecule has 1 rings (SSSR count). The molecule has 0 aliphatic carbocycles. The van der Waals surface area contributed by atoms with Crippen LogP contribution in [-0.4, -0.2) is 12.6 Å². The molecular formula is C13H21FN2. The second-order valence-corrected chi connectivity index (χ2v) is 4.27. The average Bonchev–Trinajstić information content (AvgIpc) is 2.26. The highest BCUT2D eigenvalue weighted by Gasteiger charge is 2.14. The Morgan fingerprint density at radius 1 is 1.44 bits per heavy atom. The quantitative estimate of drug-likeness (QED) is 0.806. The summed E-state index contributed by atoms with van der Waals surface area (Å²) in [6.45, 7) is 6.69. The maximum atomic E-state index is 13.0. The predicted octanol–water partition coefficient (Wildman–Crippen LogP) is 2.52. The van der Waals surface area contributed by atoms with Crippen molar-refractivity contribution in [2.24, 2.45) is 5.73 Å². The molecule has 2 nitrogen and oxygen atoms in total. The van der Waals surface area contributed by atoms with Gasteiger partial charge >= 0.3 is 0 Å². The molecule has 90 valence electrons. The summed E-state index contributed by atoms with van der Waals surface area (Å²) in [4.78, 5) is 0. The zero-order valence-corrected chi connectivity index (χ0v) is 10.3. The minimum atomic E-state index is -0.194. The number of rotatable bonds is 5. The van der Waals surface area contributed by atoms with Gasteiger partial charge in [-0.3, -0.25) is 0 Å². The normalized spacial score (nSPS) is 14.8. The fraction of sp³-hybridized carbons (Fsp3) is 0.538. The predicted molar refractivity (Wildman–Crippen MR) is 65.8 cm³/mol. The SMILES string of the molecule is CCC(C)NC(CN)c1ccc(F)cc1C. The van der Waals surface area contributed by atoms with Crippen molar-refractivity contribution in [1.82, 2.24) is 5.32 Å². The molecule has 1 aromatic carbocycles. The van der Waals surface area contributed by atoms with Crippen LogP contribution < -0.4 is 11.1 Å². The van der Waals surface area contributed by atoms with Gasteiger partial charge in [-0.25, -0.2) is 4.39 Å². The molecule has 0 aliphatic heterocycles. The zero-order chi connectivity index (χ0) is 12.1. The Kier molecular flexibility index (Phi) is 4.90. The maximum absolute atomic E-state index is 13.0. The van der Waals surface area contributed by atoms with Crippen LogP contribution in [0.15, 0.2) is 18.2 Å². The Balaban J connectivity index is 2.86. The van der Waals surface area contributed by atoms with Crippen LogP contribution >= 0.6 is 0 Å². The van der Waals surface area contributed by atoms with Crippen LogP contribution in [0.4, 0.5) is 4.39 Å². The first-order valence-corrected chi connectivity index (χ1v) is 5.80. The van der Waals surface area contributed by atoms with Crippen molar-refractivity contribution in [3.05, 3.63) is 35.1 Å². The first-order valence-electron chi connectivity index (χ1n) is 5.80. The first kappa shape index (κ1) is 13.1. The van der Waals surface area contributed by atoms with Crippen molar-refractivity contribution in [3.8, 4) is 0 Å². The lowest BCUT2D eigenvalue weighted by Crippen LogP contribution is -2.35. The number of nitrogens with two attached hydrogens (primary N) is 1. The minimum absolute atomic E-state index is 0.107. The van der Waals surface area contributed by atoms with Gasteiger partial charge in [0.1, 0.15) is 5.82 Å². The van der Waals surface area contributed by atoms with E-state index in [1.54, 1.807) is 6.07 Å². The lowest BCUT2D eigenvalue weighted by atomic mass is 10.00. The Bertz CT molecular complexity index is 339. The monoisotopic (exact) mass is 224 g/mol. The molecule has 16 heavy (non-hydrogen) atoms. The highest BCUT2D eigenvalue weighted by atomic mass is 19.1. The maximum Gasteiger partial charge on any atom is 0.123 e. The lowest BCUT2D eigenvalue weighted by molar-refractivity contribution is 0.450. The number of hydrogen-bond donors (Lipinski definition) is 2. The highest BCUT2D eigenvalue weighted by molar-refractivity contribution is 5.29. The van der Waals surface area contributed by atoms with Crippen molar-refractivity contribution in [2.75, 3.05) is 6.54 Å². The third kappa shape index (κ3) is 3.29. The summed E-state index contributed by atoms with van der Waals surface area (Å²) in [5.74, 6) is -0.194. The van der Waals surface area contributed by atoms with E-state index in [-0.39, 0.29) is 11.9 Å². The largest absolute Gasteiger partial charge is 0.329 e. The first-order chi connectivity index (χ1) is 7.58. The van der Waals surface area contributed by atoms with Gasteiger partial charge < -0.3 is 11.1 Å². The van der Waals surface area contributed by atoms with Gasteiger partial charge in [-0.1, -0.05) is 13.0 Å². The van der Waals surface area contributed by atoms with E-state index >= 15 is 0 Å². The lowest BCUT2D eigenvalue weighted by Gasteiger charge is -2.23. The Labute approximate surface area is 97.0 Å². The van der Waals surface area contributed by atoms with Crippen LogP contribution in [-0.2, 0) is 0 Å². The number of benzene rings is 1. The Morgan fingerprint density at radius 2 is 2.12 bits per heavy atom. The Hall–Kier alpha value is -0.930. The standard InChI is InChI=1S/C13H21FN2/c1-4-10(3)16-13(8-15)12-6-5-11(14)7-9(12)2/h5-7,10,13,16H,4,8,15H2,1-3H3. The summed E-state index contributed by atoms with van der Waals surface area (Å²) in [6, 6.07) is 5.38. The van der Waals surface area contributed by atoms with Gasteiger partial charge in [0.15, 0.2) is 0 Å². The van der Waals surface area contributed by atoms with Crippen molar-refractivity contribution in [1.29, 1.82) is 0 Å². The van der Waals surface area contributed by atoms with Gasteiger partial charge in [0.25, 0.3) is 0 Å². The summed E-state index contributed by atoms with van der Waals surface area (Å²) in [5, 5.41) is 3.45. The molecule has 0 aromatic heterocycles. The van der Waals surface area contributed by atoms with E-state index in [9.17, 15) is 4.39 Å². The number of aryl methyl sites for hydroxylation is 1. The second kappa shape index (κ2) is 5.97. The van der Waals surface area contributed by atoms with Crippen LogP contribution in [0.2, 0.25) is 0 Å². The van der Waals surface area contributed by atoms with Crippen LogP contribution in [0.5, 0.6) is 0 Å². The molecule has 0 fully saturated rings. The molecular weight excluding hydrogens is 203 g/mol. The third-order valence-electron chi connectivity index (χ3n) is 2.94. The Morgan fingerprint density at radius 3 is 2.62 bits per heavy atom. The summed E-state index contributed by atoms with van der Waals surface area (Å²) in [6.07, 6.45) is 1.05. The van der Waals surface area contributed by atoms with Crippen molar-refractivity contribution >= 4 is 0 Å². The fourth-order valence-corrected chi connectivity index (χ4v) is 1.78. The molecule has 3 N–H and O–H groups in total. The minimum Gasteiger partial charge on any atom is -0.329 e. The smallest absolute Gasteiger partial charge is 0.123 e. The molecule has 2 atom stereocenters. The van der Waals surface area contributed by atoms with Crippen LogP contribution in [0.25, 0.3) is 0 Å². The van der Waals surface area contributed by atoms with E-state index in [4.69, 9.17) is 5.73 Å². The van der Waals surface area contributed by atoms with Crippen molar-refractivity contribution in [2.45, 2.75) is 39.3 Å². The van der Waals surface area contributed by atoms with Crippen LogP contribution in [0, 0.1) is 12.7 Å². The number of halogens is 1. The van der Waals surface area contributed by atoms with E-state index in [0.29, 0.717) is 12.6 Å². The topological polar surface area (TPSA) is 38.0 Å². The molecule has 0 aliphatic rings. The molecule has 0 radical (unpaired) electrons. The summed E-state index contributed by atoms with van der Waals surface area (Å²) >= 11 is 0. The van der Waals surface area contributed by atoms with Crippen LogP contribution in [0.1, 0.15) is 37.4 Å². The second-order valence-electron chi connectivity index (χ2n) is 4.27. The zero-order valence-electron chi connectivity index (χ0n) is 10.3. The number of hydrogen-bond acceptors (Lipinski definition) is 2. The molecule has 0 saturated heterocycles. The fourth-order valence-electron chi connectivity index (χ4n) is 1.78. The van der Waals surface area contributed by atoms with Crippen LogP contribution in [0.3, 0.4) is 0 Å². The molecule has 0 heterocycles. The summed E-state index contributed by atoms with van der Waals surface area (Å²) < 4.78 is 13.0. The van der Waals surface area contributed by atoms with Gasteiger partial charge in [-0.2, -0.15) is 0 Å². The molecule has 0 amide bonds. The van der Waals surface area contributed by atoms with Crippen molar-refractivity contribution in [3.63, 3.8) is 0 Å². The van der Waals surface area contributed by atoms with Gasteiger partial charge in [-0.05, 0) is 43.5 Å². The van der Waals surface area contributed by atoms with Crippen molar-refractivity contribution < 1.29 is 4.39 Å². The summed E-state index contributed by atoms with van der Waals surface area (Å²) in [5.41, 5.74) is 7.80. The third-order valence-corrected chi connectivity index (χ3v) is 2.94. The number of nitrogens with one attached hydrogen (secondary N) is 1.